The summed E-state index contributed by atoms with van der Waals surface area (Å²) in [5.74, 6) is -2.33. The van der Waals surface area contributed by atoms with Crippen LogP contribution in [0.3, 0.4) is 0 Å². The second-order valence-corrected chi connectivity index (χ2v) is 7.06. The molecule has 0 bridgehead atoms. The fraction of sp³-hybridized carbons (Fsp3) is 0.273. The molecule has 7 nitrogen and oxygen atoms in total. The second kappa shape index (κ2) is 8.26. The van der Waals surface area contributed by atoms with Crippen LogP contribution in [-0.2, 0) is 25.5 Å². The van der Waals surface area contributed by atoms with E-state index in [1.807, 2.05) is 26.0 Å². The maximum absolute atomic E-state index is 12.5. The summed E-state index contributed by atoms with van der Waals surface area (Å²) >= 11 is 0. The Morgan fingerprint density at radius 2 is 1.86 bits per heavy atom. The smallest absolute Gasteiger partial charge is 0.326 e. The Morgan fingerprint density at radius 1 is 1.14 bits per heavy atom. The zero-order valence-electron chi connectivity index (χ0n) is 16.5. The summed E-state index contributed by atoms with van der Waals surface area (Å²) in [5, 5.41) is 2.71. The second-order valence-electron chi connectivity index (χ2n) is 7.06. The number of carbonyl (C=O) groups is 4. The summed E-state index contributed by atoms with van der Waals surface area (Å²) in [6.07, 6.45) is -1.04. The third kappa shape index (κ3) is 4.51. The van der Waals surface area contributed by atoms with Crippen molar-refractivity contribution in [2.75, 3.05) is 11.9 Å². The molecule has 0 saturated carbocycles. The van der Waals surface area contributed by atoms with Crippen molar-refractivity contribution in [1.29, 1.82) is 0 Å². The average Bonchev–Trinajstić information content (AvgIpc) is 2.67. The Labute approximate surface area is 168 Å². The lowest BCUT2D eigenvalue weighted by atomic mass is 9.98. The van der Waals surface area contributed by atoms with E-state index in [0.29, 0.717) is 16.8 Å². The third-order valence-corrected chi connectivity index (χ3v) is 4.74. The van der Waals surface area contributed by atoms with Gasteiger partial charge in [-0.05, 0) is 44.0 Å². The first-order chi connectivity index (χ1) is 13.8. The third-order valence-electron chi connectivity index (χ3n) is 4.74. The van der Waals surface area contributed by atoms with Crippen molar-refractivity contribution in [1.82, 2.24) is 4.90 Å². The maximum atomic E-state index is 12.5. The van der Waals surface area contributed by atoms with Crippen LogP contribution in [-0.4, -0.2) is 41.2 Å². The van der Waals surface area contributed by atoms with Crippen LogP contribution in [0.1, 0.15) is 34.0 Å². The molecular weight excluding hydrogens is 372 g/mol. The molecule has 0 unspecified atom stereocenters. The van der Waals surface area contributed by atoms with Gasteiger partial charge in [-0.25, -0.2) is 0 Å². The van der Waals surface area contributed by atoms with Gasteiger partial charge in [0.25, 0.3) is 11.8 Å². The minimum atomic E-state index is -1.08. The van der Waals surface area contributed by atoms with Crippen LogP contribution in [0, 0.1) is 13.8 Å². The van der Waals surface area contributed by atoms with Crippen LogP contribution in [0.5, 0.6) is 0 Å². The van der Waals surface area contributed by atoms with Crippen LogP contribution in [0.25, 0.3) is 0 Å². The number of rotatable bonds is 5. The topological polar surface area (TPSA) is 92.8 Å². The number of hydrogen-bond acceptors (Lipinski definition) is 5. The summed E-state index contributed by atoms with van der Waals surface area (Å²) in [5.41, 5.74) is 3.60. The van der Waals surface area contributed by atoms with Gasteiger partial charge in [0.15, 0.2) is 6.10 Å². The largest absolute Gasteiger partial charge is 0.451 e. The molecule has 0 aliphatic carbocycles. The minimum Gasteiger partial charge on any atom is -0.451 e. The molecule has 2 aromatic rings. The standard InChI is InChI=1S/C22H22N2O5/c1-13-8-9-18(14(2)10-13)23-21(27)15(3)29-20(26)12-24-19(25)11-16-6-4-5-7-17(16)22(24)28/h4-10,15H,11-12H2,1-3H3,(H,23,27)/t15-/m0/s1. The highest BCUT2D eigenvalue weighted by Crippen LogP contribution is 2.20. The SMILES string of the molecule is Cc1ccc(NC(=O)[C@H](C)OC(=O)CN2C(=O)Cc3ccccc3C2=O)c(C)c1. The van der Waals surface area contributed by atoms with E-state index in [-0.39, 0.29) is 6.42 Å². The van der Waals surface area contributed by atoms with E-state index in [0.717, 1.165) is 16.0 Å². The lowest BCUT2D eigenvalue weighted by Crippen LogP contribution is -2.46. The molecule has 7 heteroatoms. The first-order valence-corrected chi connectivity index (χ1v) is 9.26. The molecule has 29 heavy (non-hydrogen) atoms. The molecule has 0 spiro atoms. The number of hydrogen-bond donors (Lipinski definition) is 1. The highest BCUT2D eigenvalue weighted by molar-refractivity contribution is 6.11. The van der Waals surface area contributed by atoms with Crippen LogP contribution in [0.15, 0.2) is 42.5 Å². The Balaban J connectivity index is 1.60. The van der Waals surface area contributed by atoms with Crippen molar-refractivity contribution < 1.29 is 23.9 Å². The molecule has 2 aromatic carbocycles. The van der Waals surface area contributed by atoms with E-state index in [9.17, 15) is 19.2 Å². The minimum absolute atomic E-state index is 0.0396. The Kier molecular flexibility index (Phi) is 5.77. The van der Waals surface area contributed by atoms with Crippen molar-refractivity contribution in [3.05, 3.63) is 64.7 Å². The number of benzene rings is 2. The zero-order valence-corrected chi connectivity index (χ0v) is 16.5. The number of nitrogens with zero attached hydrogens (tertiary/aromatic N) is 1. The molecule has 1 N–H and O–H groups in total. The highest BCUT2D eigenvalue weighted by Gasteiger charge is 2.33. The average molecular weight is 394 g/mol. The maximum Gasteiger partial charge on any atom is 0.326 e. The van der Waals surface area contributed by atoms with E-state index < -0.39 is 36.3 Å². The molecule has 1 aliphatic heterocycles. The van der Waals surface area contributed by atoms with Crippen molar-refractivity contribution >= 4 is 29.4 Å². The number of aryl methyl sites for hydroxylation is 2. The molecule has 0 radical (unpaired) electrons. The summed E-state index contributed by atoms with van der Waals surface area (Å²) < 4.78 is 5.14. The lowest BCUT2D eigenvalue weighted by molar-refractivity contribution is -0.155. The van der Waals surface area contributed by atoms with Gasteiger partial charge in [0.1, 0.15) is 6.54 Å². The van der Waals surface area contributed by atoms with Crippen LogP contribution in [0.2, 0.25) is 0 Å². The summed E-state index contributed by atoms with van der Waals surface area (Å²) in [6, 6.07) is 12.3. The number of nitrogens with one attached hydrogen (secondary N) is 1. The molecule has 1 aliphatic rings. The summed E-state index contributed by atoms with van der Waals surface area (Å²) in [6.45, 7) is 4.72. The van der Waals surface area contributed by atoms with Gasteiger partial charge < -0.3 is 10.1 Å². The fourth-order valence-electron chi connectivity index (χ4n) is 3.17. The monoisotopic (exact) mass is 394 g/mol. The van der Waals surface area contributed by atoms with E-state index in [2.05, 4.69) is 5.32 Å². The fourth-order valence-corrected chi connectivity index (χ4v) is 3.17. The molecule has 1 heterocycles. The van der Waals surface area contributed by atoms with Gasteiger partial charge in [-0.15, -0.1) is 0 Å². The van der Waals surface area contributed by atoms with Crippen molar-refractivity contribution in [2.24, 2.45) is 0 Å². The van der Waals surface area contributed by atoms with Crippen molar-refractivity contribution in [3.8, 4) is 0 Å². The molecule has 0 aromatic heterocycles. The number of ether oxygens (including phenoxy) is 1. The number of imide groups is 1. The van der Waals surface area contributed by atoms with Crippen molar-refractivity contribution in [3.63, 3.8) is 0 Å². The molecule has 3 amide bonds. The van der Waals surface area contributed by atoms with E-state index in [1.165, 1.54) is 6.92 Å². The summed E-state index contributed by atoms with van der Waals surface area (Å²) in [4.78, 5) is 50.2. The quantitative estimate of drug-likeness (QED) is 0.621. The van der Waals surface area contributed by atoms with Crippen LogP contribution >= 0.6 is 0 Å². The van der Waals surface area contributed by atoms with E-state index >= 15 is 0 Å². The van der Waals surface area contributed by atoms with Crippen LogP contribution in [0.4, 0.5) is 5.69 Å². The van der Waals surface area contributed by atoms with Gasteiger partial charge in [-0.2, -0.15) is 0 Å². The molecule has 3 rings (SSSR count). The molecular formula is C22H22N2O5. The molecule has 0 fully saturated rings. The number of carbonyl (C=O) groups excluding carboxylic acids is 4. The molecule has 0 saturated heterocycles. The molecule has 150 valence electrons. The van der Waals surface area contributed by atoms with Gasteiger partial charge >= 0.3 is 5.97 Å². The lowest BCUT2D eigenvalue weighted by Gasteiger charge is -2.26. The first kappa shape index (κ1) is 20.3. The Bertz CT molecular complexity index is 998. The predicted octanol–water partition coefficient (Wildman–Crippen LogP) is 2.40. The number of esters is 1. The number of fused-ring (bicyclic) bond motifs is 1. The number of anilines is 1. The van der Waals surface area contributed by atoms with Gasteiger partial charge in [0.05, 0.1) is 6.42 Å². The first-order valence-electron chi connectivity index (χ1n) is 9.26. The van der Waals surface area contributed by atoms with E-state index in [4.69, 9.17) is 4.74 Å². The highest BCUT2D eigenvalue weighted by atomic mass is 16.5. The Hall–Kier alpha value is -3.48. The number of amides is 3. The van der Waals surface area contributed by atoms with Gasteiger partial charge in [0.2, 0.25) is 5.91 Å². The van der Waals surface area contributed by atoms with Gasteiger partial charge in [-0.1, -0.05) is 35.9 Å². The predicted molar refractivity (Wildman–Crippen MR) is 106 cm³/mol. The van der Waals surface area contributed by atoms with Crippen LogP contribution < -0.4 is 5.32 Å². The van der Waals surface area contributed by atoms with Gasteiger partial charge in [-0.3, -0.25) is 24.1 Å². The zero-order chi connectivity index (χ0) is 21.1. The van der Waals surface area contributed by atoms with E-state index in [1.54, 1.807) is 30.3 Å². The molecule has 1 atom stereocenters. The van der Waals surface area contributed by atoms with Gasteiger partial charge in [0, 0.05) is 11.3 Å². The normalized spacial score (nSPS) is 14.2. The summed E-state index contributed by atoms with van der Waals surface area (Å²) in [7, 11) is 0. The van der Waals surface area contributed by atoms with Crippen molar-refractivity contribution in [2.45, 2.75) is 33.3 Å². The Morgan fingerprint density at radius 3 is 2.59 bits per heavy atom.